The molecule has 0 radical (unpaired) electrons. The van der Waals surface area contributed by atoms with E-state index in [1.54, 1.807) is 18.2 Å². The largest absolute Gasteiger partial charge is 0.353 e. The van der Waals surface area contributed by atoms with Crippen LogP contribution in [0.4, 0.5) is 17.1 Å². The molecule has 0 spiro atoms. The summed E-state index contributed by atoms with van der Waals surface area (Å²) in [4.78, 5) is 27.5. The van der Waals surface area contributed by atoms with E-state index in [0.717, 1.165) is 30.9 Å². The zero-order valence-corrected chi connectivity index (χ0v) is 15.4. The zero-order valence-electron chi connectivity index (χ0n) is 15.4. The van der Waals surface area contributed by atoms with Crippen LogP contribution in [0.3, 0.4) is 0 Å². The Morgan fingerprint density at radius 1 is 1.15 bits per heavy atom. The lowest BCUT2D eigenvalue weighted by Crippen LogP contribution is -2.40. The summed E-state index contributed by atoms with van der Waals surface area (Å²) in [6, 6.07) is 13.1. The van der Waals surface area contributed by atoms with E-state index in [0.29, 0.717) is 29.4 Å². The summed E-state index contributed by atoms with van der Waals surface area (Å²) in [6.07, 6.45) is 2.31. The second kappa shape index (κ2) is 7.40. The van der Waals surface area contributed by atoms with Gasteiger partial charge < -0.3 is 16.0 Å². The van der Waals surface area contributed by atoms with Crippen LogP contribution in [0.5, 0.6) is 0 Å². The number of benzene rings is 2. The smallest absolute Gasteiger partial charge is 0.257 e. The number of likely N-dealkylation sites (tertiary alicyclic amines) is 1. The number of rotatable bonds is 4. The third kappa shape index (κ3) is 3.53. The van der Waals surface area contributed by atoms with E-state index in [9.17, 15) is 9.59 Å². The molecule has 3 N–H and O–H groups in total. The monoisotopic (exact) mass is 364 g/mol. The van der Waals surface area contributed by atoms with Crippen LogP contribution in [0.15, 0.2) is 42.5 Å². The summed E-state index contributed by atoms with van der Waals surface area (Å²) in [5.74, 6) is -0.296. The summed E-state index contributed by atoms with van der Waals surface area (Å²) < 4.78 is 0. The van der Waals surface area contributed by atoms with Crippen molar-refractivity contribution in [2.45, 2.75) is 25.8 Å². The first-order valence-corrected chi connectivity index (χ1v) is 9.49. The fourth-order valence-electron chi connectivity index (χ4n) is 3.88. The maximum absolute atomic E-state index is 12.6. The fraction of sp³-hybridized carbons (Fsp3) is 0.333. The molecule has 27 heavy (non-hydrogen) atoms. The molecule has 2 aliphatic heterocycles. The van der Waals surface area contributed by atoms with E-state index in [1.165, 1.54) is 6.42 Å². The van der Waals surface area contributed by atoms with Gasteiger partial charge in [0.05, 0.1) is 22.6 Å². The summed E-state index contributed by atoms with van der Waals surface area (Å²) in [5, 5.41) is 9.21. The molecule has 2 amide bonds. The van der Waals surface area contributed by atoms with E-state index in [-0.39, 0.29) is 11.8 Å². The van der Waals surface area contributed by atoms with Gasteiger partial charge in [-0.25, -0.2) is 0 Å². The summed E-state index contributed by atoms with van der Waals surface area (Å²) in [5.41, 5.74) is 3.27. The molecule has 0 aromatic heterocycles. The van der Waals surface area contributed by atoms with Crippen molar-refractivity contribution in [2.75, 3.05) is 30.3 Å². The second-order valence-corrected chi connectivity index (χ2v) is 7.02. The standard InChI is InChI=1S/C21H24N4O2/c1-2-25-11-5-6-15(25)13-22-20(26)14-9-10-18-19(12-14)24-21(27)16-7-3-4-8-17(16)23-18/h3-4,7-10,12,15,23H,2,5-6,11,13H2,1H3,(H,22,26)(H,24,27). The second-order valence-electron chi connectivity index (χ2n) is 7.02. The van der Waals surface area contributed by atoms with Crippen LogP contribution in [0.1, 0.15) is 40.5 Å². The van der Waals surface area contributed by atoms with Gasteiger partial charge in [-0.05, 0) is 56.3 Å². The molecule has 1 saturated heterocycles. The maximum Gasteiger partial charge on any atom is 0.257 e. The minimum atomic E-state index is -0.182. The Labute approximate surface area is 158 Å². The number of hydrogen-bond donors (Lipinski definition) is 3. The quantitative estimate of drug-likeness (QED) is 0.779. The lowest BCUT2D eigenvalue weighted by Gasteiger charge is -2.23. The van der Waals surface area contributed by atoms with Crippen molar-refractivity contribution in [3.63, 3.8) is 0 Å². The molecule has 1 atom stereocenters. The number of fused-ring (bicyclic) bond motifs is 2. The number of para-hydroxylation sites is 1. The van der Waals surface area contributed by atoms with Gasteiger partial charge in [0, 0.05) is 18.2 Å². The molecular formula is C21H24N4O2. The molecule has 2 aromatic rings. The number of likely N-dealkylation sites (N-methyl/N-ethyl adjacent to an activating group) is 1. The summed E-state index contributed by atoms with van der Waals surface area (Å²) in [7, 11) is 0. The molecule has 4 rings (SSSR count). The highest BCUT2D eigenvalue weighted by molar-refractivity contribution is 6.12. The number of anilines is 3. The maximum atomic E-state index is 12.6. The topological polar surface area (TPSA) is 73.5 Å². The van der Waals surface area contributed by atoms with Gasteiger partial charge in [-0.3, -0.25) is 14.5 Å². The van der Waals surface area contributed by atoms with Crippen molar-refractivity contribution < 1.29 is 9.59 Å². The average Bonchev–Trinajstić information content (AvgIpc) is 3.09. The van der Waals surface area contributed by atoms with Crippen LogP contribution >= 0.6 is 0 Å². The predicted octanol–water partition coefficient (Wildman–Crippen LogP) is 3.21. The number of hydrogen-bond acceptors (Lipinski definition) is 4. The molecule has 0 saturated carbocycles. The van der Waals surface area contributed by atoms with Gasteiger partial charge in [0.25, 0.3) is 11.8 Å². The molecular weight excluding hydrogens is 340 g/mol. The van der Waals surface area contributed by atoms with Gasteiger partial charge in [-0.2, -0.15) is 0 Å². The molecule has 2 heterocycles. The van der Waals surface area contributed by atoms with Crippen LogP contribution in [-0.2, 0) is 0 Å². The van der Waals surface area contributed by atoms with Gasteiger partial charge in [-0.15, -0.1) is 0 Å². The molecule has 2 aromatic carbocycles. The minimum Gasteiger partial charge on any atom is -0.353 e. The summed E-state index contributed by atoms with van der Waals surface area (Å²) in [6.45, 7) is 4.92. The van der Waals surface area contributed by atoms with E-state index < -0.39 is 0 Å². The lowest BCUT2D eigenvalue weighted by molar-refractivity contribution is 0.0940. The Hall–Kier alpha value is -2.86. The van der Waals surface area contributed by atoms with Crippen molar-refractivity contribution in [1.82, 2.24) is 10.2 Å². The van der Waals surface area contributed by atoms with Gasteiger partial charge in [-0.1, -0.05) is 19.1 Å². The number of carbonyl (C=O) groups is 2. The van der Waals surface area contributed by atoms with Gasteiger partial charge in [0.1, 0.15) is 0 Å². The third-order valence-electron chi connectivity index (χ3n) is 5.37. The number of carbonyl (C=O) groups excluding carboxylic acids is 2. The SMILES string of the molecule is CCN1CCCC1CNC(=O)c1ccc2c(c1)NC(=O)c1ccccc1N2. The molecule has 1 fully saturated rings. The average molecular weight is 364 g/mol. The van der Waals surface area contributed by atoms with Crippen LogP contribution in [0, 0.1) is 0 Å². The van der Waals surface area contributed by atoms with Crippen molar-refractivity contribution >= 4 is 28.9 Å². The fourth-order valence-corrected chi connectivity index (χ4v) is 3.88. The Morgan fingerprint density at radius 2 is 2.00 bits per heavy atom. The van der Waals surface area contributed by atoms with Crippen molar-refractivity contribution in [2.24, 2.45) is 0 Å². The number of nitrogens with one attached hydrogen (secondary N) is 3. The van der Waals surface area contributed by atoms with E-state index in [1.807, 2.05) is 24.3 Å². The predicted molar refractivity (Wildman–Crippen MR) is 107 cm³/mol. The Balaban J connectivity index is 1.49. The Kier molecular flexibility index (Phi) is 4.81. The highest BCUT2D eigenvalue weighted by Gasteiger charge is 2.24. The van der Waals surface area contributed by atoms with Gasteiger partial charge in [0.15, 0.2) is 0 Å². The van der Waals surface area contributed by atoms with E-state index >= 15 is 0 Å². The third-order valence-corrected chi connectivity index (χ3v) is 5.37. The molecule has 140 valence electrons. The molecule has 1 unspecified atom stereocenters. The van der Waals surface area contributed by atoms with Crippen molar-refractivity contribution in [3.8, 4) is 0 Å². The molecule has 6 heteroatoms. The molecule has 6 nitrogen and oxygen atoms in total. The number of nitrogens with zero attached hydrogens (tertiary/aromatic N) is 1. The number of amides is 2. The minimum absolute atomic E-state index is 0.114. The molecule has 0 bridgehead atoms. The first kappa shape index (κ1) is 17.5. The molecule has 2 aliphatic rings. The van der Waals surface area contributed by atoms with Crippen LogP contribution in [0.2, 0.25) is 0 Å². The van der Waals surface area contributed by atoms with E-state index in [2.05, 4.69) is 27.8 Å². The lowest BCUT2D eigenvalue weighted by atomic mass is 10.1. The van der Waals surface area contributed by atoms with Crippen molar-refractivity contribution in [3.05, 3.63) is 53.6 Å². The van der Waals surface area contributed by atoms with E-state index in [4.69, 9.17) is 0 Å². The molecule has 0 aliphatic carbocycles. The summed E-state index contributed by atoms with van der Waals surface area (Å²) >= 11 is 0. The van der Waals surface area contributed by atoms with Crippen LogP contribution in [0.25, 0.3) is 0 Å². The van der Waals surface area contributed by atoms with Crippen LogP contribution in [-0.4, -0.2) is 42.4 Å². The van der Waals surface area contributed by atoms with Crippen LogP contribution < -0.4 is 16.0 Å². The Bertz CT molecular complexity index is 880. The zero-order chi connectivity index (χ0) is 18.8. The van der Waals surface area contributed by atoms with Gasteiger partial charge >= 0.3 is 0 Å². The Morgan fingerprint density at radius 3 is 2.85 bits per heavy atom. The van der Waals surface area contributed by atoms with Gasteiger partial charge in [0.2, 0.25) is 0 Å². The van der Waals surface area contributed by atoms with Crippen molar-refractivity contribution in [1.29, 1.82) is 0 Å². The normalized spacial score (nSPS) is 18.7. The highest BCUT2D eigenvalue weighted by Crippen LogP contribution is 2.32. The highest BCUT2D eigenvalue weighted by atomic mass is 16.2. The first-order valence-electron chi connectivity index (χ1n) is 9.49. The first-order chi connectivity index (χ1) is 13.2.